The molecule has 106 valence electrons. The number of nitrogens with two attached hydrogens (primary N) is 1. The van der Waals surface area contributed by atoms with E-state index in [2.05, 4.69) is 47.9 Å². The molecular weight excluding hydrogens is 234 g/mol. The second-order valence-electron chi connectivity index (χ2n) is 5.58. The van der Waals surface area contributed by atoms with Gasteiger partial charge in [0.05, 0.1) is 0 Å². The van der Waals surface area contributed by atoms with E-state index in [9.17, 15) is 0 Å². The molecule has 1 atom stereocenters. The molecule has 0 aromatic heterocycles. The maximum absolute atomic E-state index is 6.28. The lowest BCUT2D eigenvalue weighted by atomic mass is 10.0. The fourth-order valence-corrected chi connectivity index (χ4v) is 2.63. The second-order valence-corrected chi connectivity index (χ2v) is 5.58. The van der Waals surface area contributed by atoms with E-state index < -0.39 is 0 Å². The van der Waals surface area contributed by atoms with Crippen molar-refractivity contribution in [1.29, 1.82) is 0 Å². The standard InChI is InChI=1S/C16H27N3/c1-3-18-10-12-19(13-11-18)9-8-16(17)15-6-4-14(2)5-7-15/h4-7,16H,3,8-13,17H2,1-2H3. The van der Waals surface area contributed by atoms with Gasteiger partial charge in [-0.15, -0.1) is 0 Å². The smallest absolute Gasteiger partial charge is 0.0307 e. The summed E-state index contributed by atoms with van der Waals surface area (Å²) in [6, 6.07) is 8.79. The molecule has 0 spiro atoms. The number of hydrogen-bond donors (Lipinski definition) is 1. The maximum atomic E-state index is 6.28. The molecule has 1 aliphatic heterocycles. The number of hydrogen-bond acceptors (Lipinski definition) is 3. The SMILES string of the molecule is CCN1CCN(CCC(N)c2ccc(C)cc2)CC1. The molecule has 19 heavy (non-hydrogen) atoms. The second kappa shape index (κ2) is 7.04. The average Bonchev–Trinajstić information content (AvgIpc) is 2.46. The molecular formula is C16H27N3. The van der Waals surface area contributed by atoms with E-state index >= 15 is 0 Å². The van der Waals surface area contributed by atoms with Crippen molar-refractivity contribution in [3.63, 3.8) is 0 Å². The Morgan fingerprint density at radius 2 is 1.63 bits per heavy atom. The molecule has 2 N–H and O–H groups in total. The fraction of sp³-hybridized carbons (Fsp3) is 0.625. The Labute approximate surface area is 117 Å². The van der Waals surface area contributed by atoms with E-state index in [1.165, 1.54) is 43.9 Å². The molecule has 0 saturated carbocycles. The molecule has 2 rings (SSSR count). The van der Waals surface area contributed by atoms with Crippen LogP contribution in [0.15, 0.2) is 24.3 Å². The first-order chi connectivity index (χ1) is 9.19. The zero-order valence-corrected chi connectivity index (χ0v) is 12.3. The van der Waals surface area contributed by atoms with Crippen molar-refractivity contribution in [3.05, 3.63) is 35.4 Å². The summed E-state index contributed by atoms with van der Waals surface area (Å²) in [5.41, 5.74) is 8.84. The lowest BCUT2D eigenvalue weighted by Crippen LogP contribution is -2.46. The molecule has 1 fully saturated rings. The van der Waals surface area contributed by atoms with Gasteiger partial charge >= 0.3 is 0 Å². The molecule has 1 heterocycles. The van der Waals surface area contributed by atoms with Crippen molar-refractivity contribution in [1.82, 2.24) is 9.80 Å². The lowest BCUT2D eigenvalue weighted by molar-refractivity contribution is 0.134. The predicted octanol–water partition coefficient (Wildman–Crippen LogP) is 2.02. The third kappa shape index (κ3) is 4.30. The molecule has 0 radical (unpaired) electrons. The lowest BCUT2D eigenvalue weighted by Gasteiger charge is -2.34. The van der Waals surface area contributed by atoms with E-state index in [4.69, 9.17) is 5.73 Å². The Balaban J connectivity index is 1.75. The monoisotopic (exact) mass is 261 g/mol. The van der Waals surface area contributed by atoms with Crippen LogP contribution < -0.4 is 5.73 Å². The van der Waals surface area contributed by atoms with Gasteiger partial charge in [0.1, 0.15) is 0 Å². The van der Waals surface area contributed by atoms with E-state index in [0.717, 1.165) is 13.0 Å². The van der Waals surface area contributed by atoms with E-state index in [-0.39, 0.29) is 6.04 Å². The van der Waals surface area contributed by atoms with Gasteiger partial charge in [0.2, 0.25) is 0 Å². The molecule has 0 bridgehead atoms. The van der Waals surface area contributed by atoms with Crippen molar-refractivity contribution in [2.45, 2.75) is 26.3 Å². The van der Waals surface area contributed by atoms with Crippen LogP contribution in [0.3, 0.4) is 0 Å². The van der Waals surface area contributed by atoms with Gasteiger partial charge in [-0.25, -0.2) is 0 Å². The van der Waals surface area contributed by atoms with E-state index in [1.807, 2.05) is 0 Å². The van der Waals surface area contributed by atoms with Gasteiger partial charge in [-0.1, -0.05) is 36.8 Å². The first kappa shape index (κ1) is 14.5. The molecule has 1 aromatic carbocycles. The highest BCUT2D eigenvalue weighted by Crippen LogP contribution is 2.15. The number of piperazine rings is 1. The summed E-state index contributed by atoms with van der Waals surface area (Å²) in [6.45, 7) is 11.4. The number of benzene rings is 1. The number of nitrogens with zero attached hydrogens (tertiary/aromatic N) is 2. The van der Waals surface area contributed by atoms with Crippen molar-refractivity contribution >= 4 is 0 Å². The molecule has 0 amide bonds. The Bertz CT molecular complexity index is 366. The van der Waals surface area contributed by atoms with Gasteiger partial charge in [0, 0.05) is 38.8 Å². The fourth-order valence-electron chi connectivity index (χ4n) is 2.63. The molecule has 0 aliphatic carbocycles. The predicted molar refractivity (Wildman–Crippen MR) is 81.3 cm³/mol. The van der Waals surface area contributed by atoms with Gasteiger partial charge < -0.3 is 15.5 Å². The van der Waals surface area contributed by atoms with Gasteiger partial charge in [0.15, 0.2) is 0 Å². The van der Waals surface area contributed by atoms with Crippen LogP contribution in [0.25, 0.3) is 0 Å². The largest absolute Gasteiger partial charge is 0.324 e. The van der Waals surface area contributed by atoms with Crippen LogP contribution in [0.1, 0.15) is 30.5 Å². The number of rotatable bonds is 5. The summed E-state index contributed by atoms with van der Waals surface area (Å²) in [6.07, 6.45) is 1.05. The summed E-state index contributed by atoms with van der Waals surface area (Å²) in [4.78, 5) is 5.05. The first-order valence-electron chi connectivity index (χ1n) is 7.46. The summed E-state index contributed by atoms with van der Waals surface area (Å²) in [7, 11) is 0. The maximum Gasteiger partial charge on any atom is 0.0307 e. The summed E-state index contributed by atoms with van der Waals surface area (Å²) in [5, 5.41) is 0. The Kier molecular flexibility index (Phi) is 5.37. The minimum absolute atomic E-state index is 0.171. The van der Waals surface area contributed by atoms with Crippen LogP contribution >= 0.6 is 0 Å². The molecule has 3 nitrogen and oxygen atoms in total. The van der Waals surface area contributed by atoms with Crippen molar-refractivity contribution in [3.8, 4) is 0 Å². The Morgan fingerprint density at radius 1 is 1.05 bits per heavy atom. The highest BCUT2D eigenvalue weighted by Gasteiger charge is 2.16. The molecule has 1 aliphatic rings. The highest BCUT2D eigenvalue weighted by atomic mass is 15.3. The van der Waals surface area contributed by atoms with E-state index in [1.54, 1.807) is 0 Å². The quantitative estimate of drug-likeness (QED) is 0.880. The van der Waals surface area contributed by atoms with Crippen LogP contribution in [0.5, 0.6) is 0 Å². The average molecular weight is 261 g/mol. The Hall–Kier alpha value is -0.900. The number of aryl methyl sites for hydroxylation is 1. The van der Waals surface area contributed by atoms with Crippen molar-refractivity contribution < 1.29 is 0 Å². The van der Waals surface area contributed by atoms with Gasteiger partial charge in [-0.2, -0.15) is 0 Å². The van der Waals surface area contributed by atoms with Gasteiger partial charge in [-0.05, 0) is 25.5 Å². The third-order valence-corrected chi connectivity index (χ3v) is 4.17. The van der Waals surface area contributed by atoms with Crippen molar-refractivity contribution in [2.24, 2.45) is 5.73 Å². The van der Waals surface area contributed by atoms with Crippen LogP contribution in [0.4, 0.5) is 0 Å². The van der Waals surface area contributed by atoms with Gasteiger partial charge in [0.25, 0.3) is 0 Å². The van der Waals surface area contributed by atoms with Crippen LogP contribution in [0, 0.1) is 6.92 Å². The number of likely N-dealkylation sites (N-methyl/N-ethyl adjacent to an activating group) is 1. The summed E-state index contributed by atoms with van der Waals surface area (Å²) >= 11 is 0. The Morgan fingerprint density at radius 3 is 2.21 bits per heavy atom. The topological polar surface area (TPSA) is 32.5 Å². The normalized spacial score (nSPS) is 19.5. The minimum Gasteiger partial charge on any atom is -0.324 e. The minimum atomic E-state index is 0.171. The van der Waals surface area contributed by atoms with Crippen LogP contribution in [-0.2, 0) is 0 Å². The van der Waals surface area contributed by atoms with Crippen LogP contribution in [-0.4, -0.2) is 49.1 Å². The van der Waals surface area contributed by atoms with Gasteiger partial charge in [-0.3, -0.25) is 0 Å². The highest BCUT2D eigenvalue weighted by molar-refractivity contribution is 5.23. The molecule has 1 unspecified atom stereocenters. The van der Waals surface area contributed by atoms with Crippen molar-refractivity contribution in [2.75, 3.05) is 39.3 Å². The summed E-state index contributed by atoms with van der Waals surface area (Å²) in [5.74, 6) is 0. The zero-order chi connectivity index (χ0) is 13.7. The molecule has 3 heteroatoms. The zero-order valence-electron chi connectivity index (χ0n) is 12.3. The third-order valence-electron chi connectivity index (χ3n) is 4.17. The van der Waals surface area contributed by atoms with Crippen LogP contribution in [0.2, 0.25) is 0 Å². The molecule has 1 saturated heterocycles. The molecule has 1 aromatic rings. The first-order valence-corrected chi connectivity index (χ1v) is 7.46. The summed E-state index contributed by atoms with van der Waals surface area (Å²) < 4.78 is 0. The van der Waals surface area contributed by atoms with E-state index in [0.29, 0.717) is 0 Å².